The van der Waals surface area contributed by atoms with E-state index in [1.54, 1.807) is 0 Å². The molecule has 7 heteroatoms. The normalized spacial score (nSPS) is 15.5. The summed E-state index contributed by atoms with van der Waals surface area (Å²) in [7, 11) is 0. The van der Waals surface area contributed by atoms with Crippen LogP contribution in [0.4, 0.5) is 0 Å². The summed E-state index contributed by atoms with van der Waals surface area (Å²) >= 11 is 0. The van der Waals surface area contributed by atoms with Gasteiger partial charge in [0.2, 0.25) is 0 Å². The van der Waals surface area contributed by atoms with Crippen molar-refractivity contribution in [2.24, 2.45) is 0 Å². The van der Waals surface area contributed by atoms with Gasteiger partial charge in [-0.05, 0) is 31.4 Å². The molecule has 0 aliphatic carbocycles. The lowest BCUT2D eigenvalue weighted by atomic mass is 10.1. The van der Waals surface area contributed by atoms with E-state index in [0.717, 1.165) is 26.1 Å². The molecule has 0 saturated carbocycles. The van der Waals surface area contributed by atoms with E-state index in [4.69, 9.17) is 14.6 Å². The number of carboxylic acid groups (broad SMARTS) is 1. The third kappa shape index (κ3) is 5.09. The zero-order valence-corrected chi connectivity index (χ0v) is 12.3. The van der Waals surface area contributed by atoms with Crippen LogP contribution in [0.25, 0.3) is 0 Å². The maximum Gasteiger partial charge on any atom is 0.335 e. The molecule has 22 heavy (non-hydrogen) atoms. The first-order valence-corrected chi connectivity index (χ1v) is 7.33. The Kier molecular flexibility index (Phi) is 6.29. The van der Waals surface area contributed by atoms with E-state index in [0.29, 0.717) is 19.6 Å². The molecule has 1 fully saturated rings. The number of hydrogen-bond donors (Lipinski definition) is 2. The molecule has 1 amide bonds. The molecule has 1 aromatic heterocycles. The van der Waals surface area contributed by atoms with E-state index in [9.17, 15) is 9.59 Å². The zero-order valence-electron chi connectivity index (χ0n) is 12.3. The van der Waals surface area contributed by atoms with Crippen LogP contribution >= 0.6 is 0 Å². The molecule has 1 aliphatic rings. The average molecular weight is 308 g/mol. The fourth-order valence-electron chi connectivity index (χ4n) is 2.15. The van der Waals surface area contributed by atoms with Gasteiger partial charge in [-0.15, -0.1) is 0 Å². The Bertz CT molecular complexity index is 514. The van der Waals surface area contributed by atoms with Crippen LogP contribution in [-0.2, 0) is 9.47 Å². The Morgan fingerprint density at radius 3 is 2.91 bits per heavy atom. The van der Waals surface area contributed by atoms with Crippen molar-refractivity contribution in [3.8, 4) is 0 Å². The van der Waals surface area contributed by atoms with Crippen molar-refractivity contribution in [1.82, 2.24) is 10.3 Å². The summed E-state index contributed by atoms with van der Waals surface area (Å²) in [6.07, 6.45) is 4.09. The number of hydrogen-bond acceptors (Lipinski definition) is 5. The molecule has 0 atom stereocenters. The van der Waals surface area contributed by atoms with Gasteiger partial charge in [0, 0.05) is 32.6 Å². The SMILES string of the molecule is O=C(O)c1ccnc(C(=O)NCCCOC2CCOCC2)c1. The Morgan fingerprint density at radius 2 is 2.18 bits per heavy atom. The van der Waals surface area contributed by atoms with Crippen LogP contribution in [0.15, 0.2) is 18.3 Å². The molecule has 0 bridgehead atoms. The second-order valence-electron chi connectivity index (χ2n) is 5.03. The van der Waals surface area contributed by atoms with Crippen LogP contribution in [-0.4, -0.2) is 54.4 Å². The van der Waals surface area contributed by atoms with Crippen molar-refractivity contribution in [2.45, 2.75) is 25.4 Å². The monoisotopic (exact) mass is 308 g/mol. The van der Waals surface area contributed by atoms with Gasteiger partial charge in [-0.1, -0.05) is 0 Å². The average Bonchev–Trinajstić information content (AvgIpc) is 2.55. The van der Waals surface area contributed by atoms with Gasteiger partial charge in [0.15, 0.2) is 0 Å². The first kappa shape index (κ1) is 16.4. The highest BCUT2D eigenvalue weighted by atomic mass is 16.5. The summed E-state index contributed by atoms with van der Waals surface area (Å²) in [5, 5.41) is 11.6. The molecule has 1 aromatic rings. The lowest BCUT2D eigenvalue weighted by molar-refractivity contribution is -0.0321. The fraction of sp³-hybridized carbons (Fsp3) is 0.533. The number of rotatable bonds is 7. The second kappa shape index (κ2) is 8.45. The van der Waals surface area contributed by atoms with Crippen LogP contribution in [0.2, 0.25) is 0 Å². The molecule has 1 saturated heterocycles. The van der Waals surface area contributed by atoms with E-state index in [-0.39, 0.29) is 23.3 Å². The van der Waals surface area contributed by atoms with Gasteiger partial charge in [-0.2, -0.15) is 0 Å². The molecule has 0 radical (unpaired) electrons. The Morgan fingerprint density at radius 1 is 1.41 bits per heavy atom. The lowest BCUT2D eigenvalue weighted by Gasteiger charge is -2.22. The number of nitrogens with one attached hydrogen (secondary N) is 1. The third-order valence-corrected chi connectivity index (χ3v) is 3.37. The summed E-state index contributed by atoms with van der Waals surface area (Å²) in [6, 6.07) is 2.61. The van der Waals surface area contributed by atoms with Crippen molar-refractivity contribution in [3.63, 3.8) is 0 Å². The van der Waals surface area contributed by atoms with Gasteiger partial charge in [0.05, 0.1) is 11.7 Å². The lowest BCUT2D eigenvalue weighted by Crippen LogP contribution is -2.28. The minimum atomic E-state index is -1.08. The first-order valence-electron chi connectivity index (χ1n) is 7.33. The van der Waals surface area contributed by atoms with E-state index in [1.807, 2.05) is 0 Å². The quantitative estimate of drug-likeness (QED) is 0.732. The summed E-state index contributed by atoms with van der Waals surface area (Å²) in [5.41, 5.74) is 0.147. The molecule has 1 aliphatic heterocycles. The van der Waals surface area contributed by atoms with E-state index in [1.165, 1.54) is 18.3 Å². The number of pyridine rings is 1. The standard InChI is InChI=1S/C15H20N2O5/c18-14(13-10-11(15(19)20)2-6-16-13)17-5-1-7-22-12-3-8-21-9-4-12/h2,6,10,12H,1,3-5,7-9H2,(H,17,18)(H,19,20). The molecule has 2 rings (SSSR count). The molecular formula is C15H20N2O5. The molecule has 120 valence electrons. The largest absolute Gasteiger partial charge is 0.478 e. The highest BCUT2D eigenvalue weighted by molar-refractivity contribution is 5.95. The highest BCUT2D eigenvalue weighted by Crippen LogP contribution is 2.10. The van der Waals surface area contributed by atoms with Crippen LogP contribution in [0.1, 0.15) is 40.1 Å². The molecular weight excluding hydrogens is 288 g/mol. The number of aromatic carboxylic acids is 1. The molecule has 2 heterocycles. The number of amides is 1. The summed E-state index contributed by atoms with van der Waals surface area (Å²) in [5.74, 6) is -1.46. The smallest absolute Gasteiger partial charge is 0.335 e. The van der Waals surface area contributed by atoms with Gasteiger partial charge in [0.25, 0.3) is 5.91 Å². The van der Waals surface area contributed by atoms with Gasteiger partial charge in [-0.3, -0.25) is 9.78 Å². The van der Waals surface area contributed by atoms with Gasteiger partial charge in [0.1, 0.15) is 5.69 Å². The summed E-state index contributed by atoms with van der Waals surface area (Å²) in [4.78, 5) is 26.6. The Hall–Kier alpha value is -1.99. The highest BCUT2D eigenvalue weighted by Gasteiger charge is 2.14. The third-order valence-electron chi connectivity index (χ3n) is 3.37. The number of carbonyl (C=O) groups is 2. The molecule has 0 aromatic carbocycles. The predicted octanol–water partition coefficient (Wildman–Crippen LogP) is 1.10. The van der Waals surface area contributed by atoms with Crippen LogP contribution in [0.3, 0.4) is 0 Å². The van der Waals surface area contributed by atoms with Crippen molar-refractivity contribution in [1.29, 1.82) is 0 Å². The Balaban J connectivity index is 1.67. The minimum Gasteiger partial charge on any atom is -0.478 e. The van der Waals surface area contributed by atoms with Crippen molar-refractivity contribution in [3.05, 3.63) is 29.6 Å². The second-order valence-corrected chi connectivity index (χ2v) is 5.03. The molecule has 2 N–H and O–H groups in total. The number of aromatic nitrogens is 1. The summed E-state index contributed by atoms with van der Waals surface area (Å²) in [6.45, 7) is 2.52. The van der Waals surface area contributed by atoms with Crippen LogP contribution in [0.5, 0.6) is 0 Å². The maximum absolute atomic E-state index is 11.9. The molecule has 7 nitrogen and oxygen atoms in total. The number of ether oxygens (including phenoxy) is 2. The number of nitrogens with zero attached hydrogens (tertiary/aromatic N) is 1. The van der Waals surface area contributed by atoms with Crippen molar-refractivity contribution >= 4 is 11.9 Å². The topological polar surface area (TPSA) is 97.8 Å². The zero-order chi connectivity index (χ0) is 15.8. The van der Waals surface area contributed by atoms with Gasteiger partial charge >= 0.3 is 5.97 Å². The molecule has 0 unspecified atom stereocenters. The summed E-state index contributed by atoms with van der Waals surface area (Å²) < 4.78 is 10.9. The van der Waals surface area contributed by atoms with Crippen molar-refractivity contribution in [2.75, 3.05) is 26.4 Å². The van der Waals surface area contributed by atoms with Gasteiger partial charge < -0.3 is 19.9 Å². The van der Waals surface area contributed by atoms with E-state index in [2.05, 4.69) is 10.3 Å². The van der Waals surface area contributed by atoms with E-state index >= 15 is 0 Å². The van der Waals surface area contributed by atoms with Crippen LogP contribution < -0.4 is 5.32 Å². The predicted molar refractivity (Wildman–Crippen MR) is 77.9 cm³/mol. The van der Waals surface area contributed by atoms with Gasteiger partial charge in [-0.25, -0.2) is 4.79 Å². The van der Waals surface area contributed by atoms with E-state index < -0.39 is 5.97 Å². The minimum absolute atomic E-state index is 0.0444. The fourth-order valence-corrected chi connectivity index (χ4v) is 2.15. The van der Waals surface area contributed by atoms with Crippen LogP contribution in [0, 0.1) is 0 Å². The number of carbonyl (C=O) groups excluding carboxylic acids is 1. The maximum atomic E-state index is 11.9. The molecule has 0 spiro atoms. The first-order chi connectivity index (χ1) is 10.7. The number of carboxylic acids is 1. The Labute approximate surface area is 128 Å². The van der Waals surface area contributed by atoms with Crippen molar-refractivity contribution < 1.29 is 24.2 Å².